The SMILES string of the molecule is Cc1ccc(-n2c(-c3ccc(N4CCC(C)(F)CC4)nc3)nc3ccncc32)cc1. The van der Waals surface area contributed by atoms with Gasteiger partial charge in [-0.1, -0.05) is 17.7 Å². The zero-order chi connectivity index (χ0) is 20.7. The molecule has 0 spiro atoms. The van der Waals surface area contributed by atoms with Crippen LogP contribution in [0.3, 0.4) is 0 Å². The van der Waals surface area contributed by atoms with Gasteiger partial charge in [0.2, 0.25) is 0 Å². The van der Waals surface area contributed by atoms with Gasteiger partial charge in [0.05, 0.1) is 17.2 Å². The third kappa shape index (κ3) is 3.43. The fraction of sp³-hybridized carbons (Fsp3) is 0.292. The standard InChI is InChI=1S/C24H24FN5/c1-17-3-6-19(7-4-17)30-21-16-26-12-9-20(21)28-23(30)18-5-8-22(27-15-18)29-13-10-24(2,25)11-14-29/h3-9,12,15-16H,10-11,13-14H2,1-2H3. The monoisotopic (exact) mass is 401 g/mol. The first-order valence-electron chi connectivity index (χ1n) is 10.3. The minimum atomic E-state index is -1.07. The van der Waals surface area contributed by atoms with Crippen LogP contribution in [0.1, 0.15) is 25.3 Å². The van der Waals surface area contributed by atoms with E-state index in [0.717, 1.165) is 33.9 Å². The number of nitrogens with zero attached hydrogens (tertiary/aromatic N) is 5. The summed E-state index contributed by atoms with van der Waals surface area (Å²) in [5, 5.41) is 0. The molecule has 0 unspecified atom stereocenters. The summed E-state index contributed by atoms with van der Waals surface area (Å²) < 4.78 is 16.2. The first-order chi connectivity index (χ1) is 14.5. The summed E-state index contributed by atoms with van der Waals surface area (Å²) in [6.45, 7) is 5.14. The molecule has 0 amide bonds. The molecule has 5 rings (SSSR count). The Bertz CT molecular complexity index is 1170. The average Bonchev–Trinajstić information content (AvgIpc) is 3.14. The van der Waals surface area contributed by atoms with Gasteiger partial charge in [0.15, 0.2) is 0 Å². The highest BCUT2D eigenvalue weighted by atomic mass is 19.1. The van der Waals surface area contributed by atoms with E-state index in [1.807, 2.05) is 30.6 Å². The number of piperidine rings is 1. The number of aromatic nitrogens is 4. The highest BCUT2D eigenvalue weighted by molar-refractivity contribution is 5.82. The van der Waals surface area contributed by atoms with Crippen molar-refractivity contribution >= 4 is 16.9 Å². The number of pyridine rings is 2. The molecule has 0 atom stereocenters. The molecular formula is C24H24FN5. The summed E-state index contributed by atoms with van der Waals surface area (Å²) in [7, 11) is 0. The highest BCUT2D eigenvalue weighted by Crippen LogP contribution is 2.31. The van der Waals surface area contributed by atoms with E-state index >= 15 is 0 Å². The number of imidazole rings is 1. The van der Waals surface area contributed by atoms with E-state index in [1.54, 1.807) is 13.1 Å². The van der Waals surface area contributed by atoms with Crippen molar-refractivity contribution in [2.75, 3.05) is 18.0 Å². The van der Waals surface area contributed by atoms with Crippen LogP contribution < -0.4 is 4.90 Å². The van der Waals surface area contributed by atoms with Crippen molar-refractivity contribution in [2.45, 2.75) is 32.4 Å². The quantitative estimate of drug-likeness (QED) is 0.478. The molecule has 1 aliphatic rings. The molecule has 4 aromatic rings. The molecule has 0 bridgehead atoms. The molecule has 152 valence electrons. The van der Waals surface area contributed by atoms with Gasteiger partial charge < -0.3 is 4.90 Å². The van der Waals surface area contributed by atoms with E-state index in [-0.39, 0.29) is 0 Å². The Hall–Kier alpha value is -3.28. The molecule has 0 aliphatic carbocycles. The van der Waals surface area contributed by atoms with Crippen molar-refractivity contribution in [2.24, 2.45) is 0 Å². The minimum absolute atomic E-state index is 0.534. The van der Waals surface area contributed by atoms with Crippen molar-refractivity contribution in [3.8, 4) is 17.1 Å². The van der Waals surface area contributed by atoms with Gasteiger partial charge in [-0.2, -0.15) is 0 Å². The highest BCUT2D eigenvalue weighted by Gasteiger charge is 2.30. The smallest absolute Gasteiger partial charge is 0.147 e. The third-order valence-electron chi connectivity index (χ3n) is 5.88. The van der Waals surface area contributed by atoms with Gasteiger partial charge in [-0.15, -0.1) is 0 Å². The van der Waals surface area contributed by atoms with Crippen LogP contribution in [0.2, 0.25) is 0 Å². The summed E-state index contributed by atoms with van der Waals surface area (Å²) in [6.07, 6.45) is 6.53. The van der Waals surface area contributed by atoms with E-state index in [1.165, 1.54) is 5.56 Å². The Balaban J connectivity index is 1.53. The summed E-state index contributed by atoms with van der Waals surface area (Å²) in [5.74, 6) is 1.71. The molecule has 1 saturated heterocycles. The van der Waals surface area contributed by atoms with E-state index in [2.05, 4.69) is 50.6 Å². The molecule has 6 heteroatoms. The van der Waals surface area contributed by atoms with Crippen molar-refractivity contribution in [3.05, 3.63) is 66.6 Å². The third-order valence-corrected chi connectivity index (χ3v) is 5.88. The molecular weight excluding hydrogens is 377 g/mol. The van der Waals surface area contributed by atoms with E-state index in [0.29, 0.717) is 25.9 Å². The number of anilines is 1. The van der Waals surface area contributed by atoms with E-state index in [4.69, 9.17) is 4.98 Å². The summed E-state index contributed by atoms with van der Waals surface area (Å²) in [5.41, 5.74) is 3.96. The van der Waals surface area contributed by atoms with Crippen LogP contribution in [0.4, 0.5) is 10.2 Å². The van der Waals surface area contributed by atoms with Crippen molar-refractivity contribution in [1.82, 2.24) is 19.5 Å². The fourth-order valence-corrected chi connectivity index (χ4v) is 3.98. The van der Waals surface area contributed by atoms with Gasteiger partial charge in [-0.3, -0.25) is 9.55 Å². The van der Waals surface area contributed by atoms with Crippen LogP contribution in [0.5, 0.6) is 0 Å². The number of fused-ring (bicyclic) bond motifs is 1. The Morgan fingerprint density at radius 1 is 0.967 bits per heavy atom. The number of benzene rings is 1. The second-order valence-electron chi connectivity index (χ2n) is 8.28. The molecule has 5 nitrogen and oxygen atoms in total. The predicted molar refractivity (Wildman–Crippen MR) is 118 cm³/mol. The minimum Gasteiger partial charge on any atom is -0.356 e. The van der Waals surface area contributed by atoms with E-state index in [9.17, 15) is 4.39 Å². The van der Waals surface area contributed by atoms with Crippen LogP contribution in [0.25, 0.3) is 28.1 Å². The number of rotatable bonds is 3. The van der Waals surface area contributed by atoms with Crippen LogP contribution >= 0.6 is 0 Å². The first kappa shape index (κ1) is 18.7. The van der Waals surface area contributed by atoms with Crippen LogP contribution in [0.15, 0.2) is 61.1 Å². The predicted octanol–water partition coefficient (Wildman–Crippen LogP) is 5.12. The summed E-state index contributed by atoms with van der Waals surface area (Å²) >= 11 is 0. The molecule has 0 radical (unpaired) electrons. The number of hydrogen-bond donors (Lipinski definition) is 0. The lowest BCUT2D eigenvalue weighted by molar-refractivity contribution is 0.149. The maximum absolute atomic E-state index is 14.1. The van der Waals surface area contributed by atoms with E-state index < -0.39 is 5.67 Å². The van der Waals surface area contributed by atoms with Gasteiger partial charge in [-0.25, -0.2) is 14.4 Å². The normalized spacial score (nSPS) is 16.2. The lowest BCUT2D eigenvalue weighted by atomic mass is 9.96. The number of alkyl halides is 1. The topological polar surface area (TPSA) is 46.8 Å². The lowest BCUT2D eigenvalue weighted by Crippen LogP contribution is -2.40. The molecule has 1 aliphatic heterocycles. The molecule has 3 aromatic heterocycles. The second-order valence-corrected chi connectivity index (χ2v) is 8.28. The maximum atomic E-state index is 14.1. The molecule has 4 heterocycles. The Kier molecular flexibility index (Phi) is 4.50. The Morgan fingerprint density at radius 2 is 1.73 bits per heavy atom. The zero-order valence-corrected chi connectivity index (χ0v) is 17.2. The lowest BCUT2D eigenvalue weighted by Gasteiger charge is -2.34. The average molecular weight is 401 g/mol. The zero-order valence-electron chi connectivity index (χ0n) is 17.2. The largest absolute Gasteiger partial charge is 0.356 e. The Labute approximate surface area is 175 Å². The summed E-state index contributed by atoms with van der Waals surface area (Å²) in [6, 6.07) is 14.4. The van der Waals surface area contributed by atoms with Gasteiger partial charge in [0.25, 0.3) is 0 Å². The first-order valence-corrected chi connectivity index (χ1v) is 10.3. The molecule has 0 N–H and O–H groups in total. The van der Waals surface area contributed by atoms with Crippen LogP contribution in [0, 0.1) is 6.92 Å². The van der Waals surface area contributed by atoms with Crippen molar-refractivity contribution in [1.29, 1.82) is 0 Å². The van der Waals surface area contributed by atoms with Crippen molar-refractivity contribution < 1.29 is 4.39 Å². The Morgan fingerprint density at radius 3 is 2.43 bits per heavy atom. The maximum Gasteiger partial charge on any atom is 0.147 e. The number of halogens is 1. The second kappa shape index (κ2) is 7.20. The number of aryl methyl sites for hydroxylation is 1. The molecule has 1 aromatic carbocycles. The molecule has 1 fully saturated rings. The van der Waals surface area contributed by atoms with Gasteiger partial charge in [0.1, 0.15) is 17.3 Å². The van der Waals surface area contributed by atoms with Crippen molar-refractivity contribution in [3.63, 3.8) is 0 Å². The van der Waals surface area contributed by atoms with Gasteiger partial charge in [0, 0.05) is 36.7 Å². The summed E-state index contributed by atoms with van der Waals surface area (Å²) in [4.78, 5) is 16.0. The molecule has 30 heavy (non-hydrogen) atoms. The van der Waals surface area contributed by atoms with Crippen LogP contribution in [-0.2, 0) is 0 Å². The number of hydrogen-bond acceptors (Lipinski definition) is 4. The van der Waals surface area contributed by atoms with Gasteiger partial charge in [-0.05, 0) is 57.0 Å². The van der Waals surface area contributed by atoms with Crippen LogP contribution in [-0.4, -0.2) is 38.3 Å². The fourth-order valence-electron chi connectivity index (χ4n) is 3.98. The molecule has 0 saturated carbocycles. The van der Waals surface area contributed by atoms with Gasteiger partial charge >= 0.3 is 0 Å².